The minimum absolute atomic E-state index is 0.235. The number of aliphatic hydroxyl groups excluding tert-OH is 1. The highest BCUT2D eigenvalue weighted by atomic mass is 16.3. The third-order valence-electron chi connectivity index (χ3n) is 2.88. The first-order valence-corrected chi connectivity index (χ1v) is 6.20. The Morgan fingerprint density at radius 2 is 1.94 bits per heavy atom. The Balaban J connectivity index is 2.49. The summed E-state index contributed by atoms with van der Waals surface area (Å²) in [6.07, 6.45) is 3.04. The largest absolute Gasteiger partial charge is 0.396 e. The molecule has 2 N–H and O–H groups in total. The number of hydrogen-bond acceptors (Lipinski definition) is 5. The van der Waals surface area contributed by atoms with Crippen molar-refractivity contribution in [3.63, 3.8) is 0 Å². The molecule has 1 atom stereocenters. The molecule has 1 heterocycles. The van der Waals surface area contributed by atoms with Crippen molar-refractivity contribution in [3.05, 3.63) is 11.4 Å². The average Bonchev–Trinajstić information content (AvgIpc) is 2.31. The van der Waals surface area contributed by atoms with Gasteiger partial charge < -0.3 is 10.4 Å². The maximum Gasteiger partial charge on any atom is 0.242 e. The van der Waals surface area contributed by atoms with E-state index in [1.165, 1.54) is 0 Å². The number of aliphatic hydroxyl groups is 1. The van der Waals surface area contributed by atoms with E-state index in [-0.39, 0.29) is 6.61 Å². The molecule has 0 fully saturated rings. The molecule has 0 spiro atoms. The second-order valence-electron chi connectivity index (χ2n) is 4.35. The van der Waals surface area contributed by atoms with Crippen molar-refractivity contribution < 1.29 is 5.11 Å². The molecule has 96 valence electrons. The van der Waals surface area contributed by atoms with Gasteiger partial charge in [-0.25, -0.2) is 4.98 Å². The highest BCUT2D eigenvalue weighted by Crippen LogP contribution is 2.11. The summed E-state index contributed by atoms with van der Waals surface area (Å²) in [5, 5.41) is 20.2. The number of rotatable bonds is 7. The predicted octanol–water partition coefficient (Wildman–Crippen LogP) is 1.70. The van der Waals surface area contributed by atoms with E-state index in [4.69, 9.17) is 5.11 Å². The van der Waals surface area contributed by atoms with Gasteiger partial charge in [0, 0.05) is 13.2 Å². The topological polar surface area (TPSA) is 70.9 Å². The van der Waals surface area contributed by atoms with Crippen molar-refractivity contribution in [3.8, 4) is 0 Å². The lowest BCUT2D eigenvalue weighted by Gasteiger charge is -2.15. The molecule has 0 aliphatic rings. The van der Waals surface area contributed by atoms with Crippen molar-refractivity contribution in [1.29, 1.82) is 0 Å². The molecule has 0 aromatic carbocycles. The Morgan fingerprint density at radius 3 is 2.53 bits per heavy atom. The molecular weight excluding hydrogens is 216 g/mol. The smallest absolute Gasteiger partial charge is 0.242 e. The van der Waals surface area contributed by atoms with Gasteiger partial charge >= 0.3 is 0 Å². The van der Waals surface area contributed by atoms with Crippen LogP contribution >= 0.6 is 0 Å². The Kier molecular flexibility index (Phi) is 5.83. The van der Waals surface area contributed by atoms with Crippen LogP contribution in [0.1, 0.15) is 37.6 Å². The van der Waals surface area contributed by atoms with Gasteiger partial charge in [0.2, 0.25) is 5.95 Å². The van der Waals surface area contributed by atoms with Gasteiger partial charge in [-0.1, -0.05) is 13.3 Å². The van der Waals surface area contributed by atoms with E-state index >= 15 is 0 Å². The molecule has 5 heteroatoms. The van der Waals surface area contributed by atoms with Crippen LogP contribution in [-0.4, -0.2) is 33.4 Å². The Hall–Kier alpha value is -1.23. The molecule has 0 saturated carbocycles. The van der Waals surface area contributed by atoms with Gasteiger partial charge in [0.25, 0.3) is 0 Å². The van der Waals surface area contributed by atoms with E-state index in [1.54, 1.807) is 0 Å². The van der Waals surface area contributed by atoms with Crippen LogP contribution in [0.3, 0.4) is 0 Å². The third kappa shape index (κ3) is 4.65. The van der Waals surface area contributed by atoms with Crippen LogP contribution in [0.5, 0.6) is 0 Å². The summed E-state index contributed by atoms with van der Waals surface area (Å²) in [5.41, 5.74) is 1.76. The molecule has 0 saturated heterocycles. The van der Waals surface area contributed by atoms with Gasteiger partial charge in [0.05, 0.1) is 11.4 Å². The molecular formula is C12H22N4O. The zero-order chi connectivity index (χ0) is 12.7. The summed E-state index contributed by atoms with van der Waals surface area (Å²) in [5.74, 6) is 1.04. The van der Waals surface area contributed by atoms with Crippen LogP contribution in [0, 0.1) is 19.8 Å². The first kappa shape index (κ1) is 13.8. The summed E-state index contributed by atoms with van der Waals surface area (Å²) in [6.45, 7) is 6.99. The molecule has 5 nitrogen and oxygen atoms in total. The van der Waals surface area contributed by atoms with Crippen molar-refractivity contribution >= 4 is 5.95 Å². The minimum atomic E-state index is 0.235. The number of anilines is 1. The van der Waals surface area contributed by atoms with Crippen LogP contribution < -0.4 is 5.32 Å². The molecule has 1 aromatic heterocycles. The molecule has 0 aliphatic carbocycles. The second kappa shape index (κ2) is 7.17. The fourth-order valence-electron chi connectivity index (χ4n) is 1.71. The zero-order valence-electron chi connectivity index (χ0n) is 10.9. The maximum atomic E-state index is 8.97. The summed E-state index contributed by atoms with van der Waals surface area (Å²) in [7, 11) is 0. The van der Waals surface area contributed by atoms with Crippen LogP contribution in [-0.2, 0) is 0 Å². The van der Waals surface area contributed by atoms with Crippen LogP contribution in [0.15, 0.2) is 0 Å². The van der Waals surface area contributed by atoms with Gasteiger partial charge in [0.1, 0.15) is 0 Å². The van der Waals surface area contributed by atoms with Crippen LogP contribution in [0.2, 0.25) is 0 Å². The number of aryl methyl sites for hydroxylation is 2. The van der Waals surface area contributed by atoms with Crippen molar-refractivity contribution in [2.75, 3.05) is 18.5 Å². The van der Waals surface area contributed by atoms with Crippen molar-refractivity contribution in [2.24, 2.45) is 5.92 Å². The fourth-order valence-corrected chi connectivity index (χ4v) is 1.71. The van der Waals surface area contributed by atoms with Crippen LogP contribution in [0.25, 0.3) is 0 Å². The van der Waals surface area contributed by atoms with E-state index in [2.05, 4.69) is 27.4 Å². The second-order valence-corrected chi connectivity index (χ2v) is 4.35. The first-order valence-electron chi connectivity index (χ1n) is 6.20. The monoisotopic (exact) mass is 238 g/mol. The Morgan fingerprint density at radius 1 is 1.18 bits per heavy atom. The van der Waals surface area contributed by atoms with Crippen LogP contribution in [0.4, 0.5) is 5.95 Å². The summed E-state index contributed by atoms with van der Waals surface area (Å²) >= 11 is 0. The molecule has 0 radical (unpaired) electrons. The Labute approximate surface area is 103 Å². The number of aromatic nitrogens is 3. The quantitative estimate of drug-likeness (QED) is 0.756. The lowest BCUT2D eigenvalue weighted by molar-refractivity contribution is 0.255. The standard InChI is InChI=1S/C12H22N4O/c1-4-5-11(6-7-17)8-13-12-14-9(2)10(3)15-16-12/h11,17H,4-8H2,1-3H3,(H,13,14,16). The summed E-state index contributed by atoms with van der Waals surface area (Å²) < 4.78 is 0. The normalized spacial score (nSPS) is 12.5. The van der Waals surface area contributed by atoms with Gasteiger partial charge in [-0.3, -0.25) is 0 Å². The van der Waals surface area contributed by atoms with E-state index in [9.17, 15) is 0 Å². The molecule has 1 aromatic rings. The van der Waals surface area contributed by atoms with Gasteiger partial charge in [-0.2, -0.15) is 5.10 Å². The van der Waals surface area contributed by atoms with Gasteiger partial charge in [0.15, 0.2) is 0 Å². The molecule has 0 bridgehead atoms. The third-order valence-corrected chi connectivity index (χ3v) is 2.88. The highest BCUT2D eigenvalue weighted by Gasteiger charge is 2.08. The first-order chi connectivity index (χ1) is 8.17. The lowest BCUT2D eigenvalue weighted by atomic mass is 10.0. The van der Waals surface area contributed by atoms with Crippen molar-refractivity contribution in [1.82, 2.24) is 15.2 Å². The SMILES string of the molecule is CCCC(CCO)CNc1nnc(C)c(C)n1. The number of hydrogen-bond donors (Lipinski definition) is 2. The maximum absolute atomic E-state index is 8.97. The fraction of sp³-hybridized carbons (Fsp3) is 0.750. The predicted molar refractivity (Wildman–Crippen MR) is 67.9 cm³/mol. The van der Waals surface area contributed by atoms with E-state index in [0.717, 1.165) is 37.2 Å². The molecule has 0 aliphatic heterocycles. The highest BCUT2D eigenvalue weighted by molar-refractivity contribution is 5.24. The van der Waals surface area contributed by atoms with E-state index in [0.29, 0.717) is 11.9 Å². The lowest BCUT2D eigenvalue weighted by Crippen LogP contribution is -2.17. The number of nitrogens with zero attached hydrogens (tertiary/aromatic N) is 3. The number of nitrogens with one attached hydrogen (secondary N) is 1. The molecule has 1 rings (SSSR count). The summed E-state index contributed by atoms with van der Waals surface area (Å²) in [4.78, 5) is 4.32. The van der Waals surface area contributed by atoms with Gasteiger partial charge in [-0.05, 0) is 32.6 Å². The molecule has 1 unspecified atom stereocenters. The molecule has 0 amide bonds. The molecule has 17 heavy (non-hydrogen) atoms. The minimum Gasteiger partial charge on any atom is -0.396 e. The van der Waals surface area contributed by atoms with E-state index in [1.807, 2.05) is 13.8 Å². The van der Waals surface area contributed by atoms with Gasteiger partial charge in [-0.15, -0.1) is 5.10 Å². The van der Waals surface area contributed by atoms with E-state index < -0.39 is 0 Å². The summed E-state index contributed by atoms with van der Waals surface area (Å²) in [6, 6.07) is 0. The average molecular weight is 238 g/mol. The Bertz CT molecular complexity index is 337. The zero-order valence-corrected chi connectivity index (χ0v) is 10.9. The van der Waals surface area contributed by atoms with Crippen molar-refractivity contribution in [2.45, 2.75) is 40.0 Å².